The van der Waals surface area contributed by atoms with Crippen molar-refractivity contribution in [3.8, 4) is 0 Å². The summed E-state index contributed by atoms with van der Waals surface area (Å²) >= 11 is 0. The average molecular weight is 261 g/mol. The molecule has 1 aromatic carbocycles. The zero-order valence-electron chi connectivity index (χ0n) is 11.1. The molecule has 0 aromatic heterocycles. The molecule has 1 heterocycles. The van der Waals surface area contributed by atoms with Gasteiger partial charge in [-0.3, -0.25) is 14.5 Å². The molecular formula is C14H19N3O2. The molecule has 1 fully saturated rings. The molecule has 1 saturated heterocycles. The number of carbonyl (C=O) groups excluding carboxylic acids is 2. The van der Waals surface area contributed by atoms with E-state index in [9.17, 15) is 9.59 Å². The lowest BCUT2D eigenvalue weighted by Gasteiger charge is -2.34. The van der Waals surface area contributed by atoms with Gasteiger partial charge in [-0.2, -0.15) is 0 Å². The summed E-state index contributed by atoms with van der Waals surface area (Å²) in [7, 11) is 0. The first-order chi connectivity index (χ1) is 9.06. The Balaban J connectivity index is 1.94. The Labute approximate surface area is 113 Å². The molecule has 2 amide bonds. The quantitative estimate of drug-likeness (QED) is 0.847. The number of amides is 2. The van der Waals surface area contributed by atoms with Crippen molar-refractivity contribution in [1.29, 1.82) is 0 Å². The maximum absolute atomic E-state index is 12.3. The fourth-order valence-corrected chi connectivity index (χ4v) is 2.29. The Morgan fingerprint density at radius 1 is 1.21 bits per heavy atom. The average Bonchev–Trinajstić information content (AvgIpc) is 2.38. The second-order valence-electron chi connectivity index (χ2n) is 4.90. The summed E-state index contributed by atoms with van der Waals surface area (Å²) in [5.74, 6) is -0.263. The largest absolute Gasteiger partial charge is 0.369 e. The van der Waals surface area contributed by atoms with Gasteiger partial charge in [-0.1, -0.05) is 17.7 Å². The van der Waals surface area contributed by atoms with Gasteiger partial charge in [0.25, 0.3) is 5.91 Å². The zero-order chi connectivity index (χ0) is 13.8. The van der Waals surface area contributed by atoms with E-state index in [4.69, 9.17) is 5.73 Å². The summed E-state index contributed by atoms with van der Waals surface area (Å²) in [5, 5.41) is 0. The van der Waals surface area contributed by atoms with Crippen molar-refractivity contribution in [3.05, 3.63) is 35.4 Å². The minimum atomic E-state index is -0.321. The second-order valence-corrected chi connectivity index (χ2v) is 4.90. The minimum Gasteiger partial charge on any atom is -0.369 e. The molecule has 0 bridgehead atoms. The van der Waals surface area contributed by atoms with Crippen LogP contribution in [0.2, 0.25) is 0 Å². The summed E-state index contributed by atoms with van der Waals surface area (Å²) in [6.45, 7) is 4.91. The molecule has 0 saturated carbocycles. The van der Waals surface area contributed by atoms with E-state index in [0.29, 0.717) is 26.2 Å². The molecule has 0 spiro atoms. The molecule has 19 heavy (non-hydrogen) atoms. The van der Waals surface area contributed by atoms with Crippen LogP contribution in [-0.2, 0) is 4.79 Å². The van der Waals surface area contributed by atoms with Crippen molar-refractivity contribution in [2.75, 3.05) is 32.7 Å². The third-order valence-corrected chi connectivity index (χ3v) is 3.30. The van der Waals surface area contributed by atoms with Crippen LogP contribution in [-0.4, -0.2) is 54.3 Å². The van der Waals surface area contributed by atoms with Crippen LogP contribution in [0.1, 0.15) is 15.9 Å². The van der Waals surface area contributed by atoms with Crippen LogP contribution >= 0.6 is 0 Å². The number of piperazine rings is 1. The number of carbonyl (C=O) groups is 2. The smallest absolute Gasteiger partial charge is 0.253 e. The van der Waals surface area contributed by atoms with Gasteiger partial charge >= 0.3 is 0 Å². The fraction of sp³-hybridized carbons (Fsp3) is 0.429. The van der Waals surface area contributed by atoms with E-state index in [0.717, 1.165) is 11.1 Å². The number of hydrogen-bond donors (Lipinski definition) is 1. The van der Waals surface area contributed by atoms with Crippen molar-refractivity contribution in [1.82, 2.24) is 9.80 Å². The number of nitrogens with two attached hydrogens (primary N) is 1. The highest BCUT2D eigenvalue weighted by Crippen LogP contribution is 2.10. The van der Waals surface area contributed by atoms with E-state index in [1.807, 2.05) is 41.0 Å². The van der Waals surface area contributed by atoms with Gasteiger partial charge in [0.2, 0.25) is 5.91 Å². The standard InChI is InChI=1S/C14H19N3O2/c1-11-3-2-4-12(9-11)14(19)17-7-5-16(6-8-17)10-13(15)18/h2-4,9H,5-8,10H2,1H3,(H2,15,18). The number of aryl methyl sites for hydroxylation is 1. The molecule has 5 nitrogen and oxygen atoms in total. The molecule has 102 valence electrons. The van der Waals surface area contributed by atoms with E-state index >= 15 is 0 Å². The molecule has 2 rings (SSSR count). The maximum Gasteiger partial charge on any atom is 0.253 e. The van der Waals surface area contributed by atoms with Crippen LogP contribution in [0.15, 0.2) is 24.3 Å². The predicted octanol–water partition coefficient (Wildman–Crippen LogP) is 0.238. The summed E-state index contributed by atoms with van der Waals surface area (Å²) < 4.78 is 0. The maximum atomic E-state index is 12.3. The van der Waals surface area contributed by atoms with Crippen LogP contribution in [0.4, 0.5) is 0 Å². The van der Waals surface area contributed by atoms with Crippen molar-refractivity contribution < 1.29 is 9.59 Å². The number of benzene rings is 1. The van der Waals surface area contributed by atoms with Gasteiger partial charge in [0.1, 0.15) is 0 Å². The van der Waals surface area contributed by atoms with Gasteiger partial charge in [-0.15, -0.1) is 0 Å². The Morgan fingerprint density at radius 2 is 1.89 bits per heavy atom. The first kappa shape index (κ1) is 13.5. The van der Waals surface area contributed by atoms with Crippen molar-refractivity contribution in [2.45, 2.75) is 6.92 Å². The number of hydrogen-bond acceptors (Lipinski definition) is 3. The summed E-state index contributed by atoms with van der Waals surface area (Å²) in [6.07, 6.45) is 0. The molecule has 1 aromatic rings. The summed E-state index contributed by atoms with van der Waals surface area (Å²) in [5.41, 5.74) is 6.97. The molecule has 0 aliphatic carbocycles. The molecule has 0 unspecified atom stereocenters. The lowest BCUT2D eigenvalue weighted by Crippen LogP contribution is -2.50. The van der Waals surface area contributed by atoms with Crippen LogP contribution in [0.25, 0.3) is 0 Å². The normalized spacial score (nSPS) is 16.4. The number of rotatable bonds is 3. The Hall–Kier alpha value is -1.88. The highest BCUT2D eigenvalue weighted by atomic mass is 16.2. The molecule has 2 N–H and O–H groups in total. The van der Waals surface area contributed by atoms with Crippen LogP contribution in [0.5, 0.6) is 0 Å². The van der Waals surface area contributed by atoms with E-state index < -0.39 is 0 Å². The third kappa shape index (κ3) is 3.54. The van der Waals surface area contributed by atoms with Gasteiger partial charge in [0, 0.05) is 31.7 Å². The number of nitrogens with zero attached hydrogens (tertiary/aromatic N) is 2. The third-order valence-electron chi connectivity index (χ3n) is 3.30. The summed E-state index contributed by atoms with van der Waals surface area (Å²) in [6, 6.07) is 7.61. The van der Waals surface area contributed by atoms with Crippen LogP contribution in [0.3, 0.4) is 0 Å². The fourth-order valence-electron chi connectivity index (χ4n) is 2.29. The van der Waals surface area contributed by atoms with E-state index in [2.05, 4.69) is 0 Å². The lowest BCUT2D eigenvalue weighted by molar-refractivity contribution is -0.119. The molecular weight excluding hydrogens is 242 g/mol. The molecule has 5 heteroatoms. The highest BCUT2D eigenvalue weighted by molar-refractivity contribution is 5.94. The van der Waals surface area contributed by atoms with E-state index in [-0.39, 0.29) is 18.4 Å². The van der Waals surface area contributed by atoms with Gasteiger partial charge in [-0.05, 0) is 19.1 Å². The van der Waals surface area contributed by atoms with Crippen LogP contribution < -0.4 is 5.73 Å². The molecule has 0 atom stereocenters. The Kier molecular flexibility index (Phi) is 4.16. The molecule has 0 radical (unpaired) electrons. The van der Waals surface area contributed by atoms with Crippen LogP contribution in [0, 0.1) is 6.92 Å². The molecule has 1 aliphatic rings. The first-order valence-corrected chi connectivity index (χ1v) is 6.43. The van der Waals surface area contributed by atoms with Gasteiger partial charge in [-0.25, -0.2) is 0 Å². The lowest BCUT2D eigenvalue weighted by atomic mass is 10.1. The second kappa shape index (κ2) is 5.84. The first-order valence-electron chi connectivity index (χ1n) is 6.43. The summed E-state index contributed by atoms with van der Waals surface area (Å²) in [4.78, 5) is 26.9. The van der Waals surface area contributed by atoms with Gasteiger partial charge in [0.05, 0.1) is 6.54 Å². The number of primary amides is 1. The topological polar surface area (TPSA) is 66.6 Å². The molecule has 1 aliphatic heterocycles. The predicted molar refractivity (Wildman–Crippen MR) is 72.7 cm³/mol. The monoisotopic (exact) mass is 261 g/mol. The Morgan fingerprint density at radius 3 is 2.47 bits per heavy atom. The van der Waals surface area contributed by atoms with Gasteiger partial charge < -0.3 is 10.6 Å². The van der Waals surface area contributed by atoms with Gasteiger partial charge in [0.15, 0.2) is 0 Å². The minimum absolute atomic E-state index is 0.0578. The van der Waals surface area contributed by atoms with E-state index in [1.54, 1.807) is 0 Å². The SMILES string of the molecule is Cc1cccc(C(=O)N2CCN(CC(N)=O)CC2)c1. The Bertz CT molecular complexity index is 479. The van der Waals surface area contributed by atoms with Crippen molar-refractivity contribution >= 4 is 11.8 Å². The van der Waals surface area contributed by atoms with E-state index in [1.165, 1.54) is 0 Å². The van der Waals surface area contributed by atoms with Crippen molar-refractivity contribution in [3.63, 3.8) is 0 Å². The zero-order valence-corrected chi connectivity index (χ0v) is 11.1. The van der Waals surface area contributed by atoms with Crippen molar-refractivity contribution in [2.24, 2.45) is 5.73 Å². The highest BCUT2D eigenvalue weighted by Gasteiger charge is 2.22.